The minimum Gasteiger partial charge on any atom is -0.394 e. The molecule has 0 spiro atoms. The molecule has 1 aromatic carbocycles. The van der Waals surface area contributed by atoms with Gasteiger partial charge in [0.25, 0.3) is 0 Å². The Kier molecular flexibility index (Phi) is 6.39. The summed E-state index contributed by atoms with van der Waals surface area (Å²) in [5.74, 6) is 1.72. The van der Waals surface area contributed by atoms with E-state index in [4.69, 9.17) is 4.84 Å². The Bertz CT molecular complexity index is 698. The van der Waals surface area contributed by atoms with Gasteiger partial charge in [0.05, 0.1) is 11.0 Å². The lowest BCUT2D eigenvalue weighted by Crippen LogP contribution is -2.12. The molecule has 4 heteroatoms. The molecule has 2 aromatic rings. The maximum Gasteiger partial charge on any atom is 0.178 e. The lowest BCUT2D eigenvalue weighted by atomic mass is 10.1. The summed E-state index contributed by atoms with van der Waals surface area (Å²) in [5, 5.41) is 4.40. The van der Waals surface area contributed by atoms with E-state index in [0.29, 0.717) is 6.61 Å². The zero-order chi connectivity index (χ0) is 16.7. The Labute approximate surface area is 138 Å². The highest BCUT2D eigenvalue weighted by atomic mass is 16.6. The van der Waals surface area contributed by atoms with Gasteiger partial charge in [-0.05, 0) is 44.9 Å². The minimum atomic E-state index is 0.645. The van der Waals surface area contributed by atoms with Crippen LogP contribution < -0.4 is 0 Å². The van der Waals surface area contributed by atoms with E-state index in [1.54, 1.807) is 0 Å². The first kappa shape index (κ1) is 17.3. The van der Waals surface area contributed by atoms with Crippen LogP contribution in [-0.2, 0) is 4.84 Å². The molecule has 1 heterocycles. The van der Waals surface area contributed by atoms with Crippen LogP contribution in [0.2, 0.25) is 0 Å². The number of imidazole rings is 1. The number of nitrogens with zero attached hydrogens (tertiary/aromatic N) is 3. The molecule has 0 N–H and O–H groups in total. The van der Waals surface area contributed by atoms with Crippen LogP contribution in [-0.4, -0.2) is 22.0 Å². The number of oxime groups is 1. The molecular weight excluding hydrogens is 286 g/mol. The van der Waals surface area contributed by atoms with Gasteiger partial charge in [-0.3, -0.25) is 4.57 Å². The predicted molar refractivity (Wildman–Crippen MR) is 96.8 cm³/mol. The molecule has 0 atom stereocenters. The molecule has 0 fully saturated rings. The summed E-state index contributed by atoms with van der Waals surface area (Å²) in [5.41, 5.74) is 3.33. The number of benzene rings is 1. The molecule has 0 aliphatic rings. The third-order valence-corrected chi connectivity index (χ3v) is 3.72. The maximum atomic E-state index is 5.54. The van der Waals surface area contributed by atoms with Gasteiger partial charge in [0.15, 0.2) is 5.84 Å². The number of allylic oxidation sites excluding steroid dienone is 2. The summed E-state index contributed by atoms with van der Waals surface area (Å²) in [4.78, 5) is 10.2. The third kappa shape index (κ3) is 4.44. The molecule has 4 nitrogen and oxygen atoms in total. The number of unbranched alkanes of at least 4 members (excludes halogenated alkanes) is 1. The van der Waals surface area contributed by atoms with Crippen molar-refractivity contribution in [1.29, 1.82) is 0 Å². The van der Waals surface area contributed by atoms with Crippen LogP contribution >= 0.6 is 0 Å². The van der Waals surface area contributed by atoms with Crippen LogP contribution in [0.4, 0.5) is 0 Å². The van der Waals surface area contributed by atoms with Gasteiger partial charge in [-0.25, -0.2) is 4.98 Å². The highest BCUT2D eigenvalue weighted by Gasteiger charge is 2.11. The molecule has 0 aliphatic carbocycles. The van der Waals surface area contributed by atoms with E-state index in [1.165, 1.54) is 5.57 Å². The fraction of sp³-hybridized carbons (Fsp3) is 0.474. The molecular formula is C19H27N3O. The van der Waals surface area contributed by atoms with Gasteiger partial charge in [0.1, 0.15) is 12.4 Å². The zero-order valence-electron chi connectivity index (χ0n) is 14.7. The quantitative estimate of drug-likeness (QED) is 0.310. The normalized spacial score (nSPS) is 12.9. The first-order chi connectivity index (χ1) is 11.2. The number of para-hydroxylation sites is 2. The van der Waals surface area contributed by atoms with E-state index in [1.807, 2.05) is 25.1 Å². The van der Waals surface area contributed by atoms with E-state index in [0.717, 1.165) is 48.4 Å². The summed E-state index contributed by atoms with van der Waals surface area (Å²) < 4.78 is 2.07. The van der Waals surface area contributed by atoms with Gasteiger partial charge >= 0.3 is 0 Å². The molecule has 0 bridgehead atoms. The number of hydrogen-bond donors (Lipinski definition) is 0. The van der Waals surface area contributed by atoms with E-state index in [2.05, 4.69) is 47.6 Å². The monoisotopic (exact) mass is 313 g/mol. The minimum absolute atomic E-state index is 0.645. The summed E-state index contributed by atoms with van der Waals surface area (Å²) in [6.45, 7) is 9.12. The largest absolute Gasteiger partial charge is 0.394 e. The van der Waals surface area contributed by atoms with Crippen molar-refractivity contribution in [2.45, 2.75) is 53.4 Å². The van der Waals surface area contributed by atoms with Crippen molar-refractivity contribution in [2.75, 3.05) is 6.61 Å². The van der Waals surface area contributed by atoms with Crippen molar-refractivity contribution in [3.63, 3.8) is 0 Å². The number of hydrogen-bond acceptors (Lipinski definition) is 3. The van der Waals surface area contributed by atoms with E-state index < -0.39 is 0 Å². The molecule has 0 unspecified atom stereocenters. The topological polar surface area (TPSA) is 39.4 Å². The predicted octanol–water partition coefficient (Wildman–Crippen LogP) is 5.07. The molecule has 124 valence electrons. The van der Waals surface area contributed by atoms with Crippen LogP contribution in [0.3, 0.4) is 0 Å². The van der Waals surface area contributed by atoms with Crippen molar-refractivity contribution < 1.29 is 4.84 Å². The molecule has 1 aromatic heterocycles. The second kappa shape index (κ2) is 8.51. The first-order valence-electron chi connectivity index (χ1n) is 8.49. The zero-order valence-corrected chi connectivity index (χ0v) is 14.7. The highest BCUT2D eigenvalue weighted by molar-refractivity contribution is 6.01. The third-order valence-electron chi connectivity index (χ3n) is 3.72. The number of aryl methyl sites for hydroxylation is 1. The fourth-order valence-corrected chi connectivity index (χ4v) is 2.57. The van der Waals surface area contributed by atoms with Gasteiger partial charge in [0.2, 0.25) is 0 Å². The molecule has 0 saturated carbocycles. The Morgan fingerprint density at radius 1 is 1.26 bits per heavy atom. The van der Waals surface area contributed by atoms with Gasteiger partial charge < -0.3 is 4.84 Å². The molecule has 0 amide bonds. The lowest BCUT2D eigenvalue weighted by molar-refractivity contribution is 0.140. The average Bonchev–Trinajstić information content (AvgIpc) is 2.86. The van der Waals surface area contributed by atoms with Crippen molar-refractivity contribution in [3.8, 4) is 0 Å². The van der Waals surface area contributed by atoms with Crippen LogP contribution in [0, 0.1) is 6.92 Å². The maximum absolute atomic E-state index is 5.54. The van der Waals surface area contributed by atoms with Gasteiger partial charge in [-0.15, -0.1) is 0 Å². The van der Waals surface area contributed by atoms with Crippen molar-refractivity contribution in [1.82, 2.24) is 9.55 Å². The van der Waals surface area contributed by atoms with Crippen molar-refractivity contribution >= 4 is 16.9 Å². The van der Waals surface area contributed by atoms with Crippen LogP contribution in [0.15, 0.2) is 41.1 Å². The first-order valence-corrected chi connectivity index (χ1v) is 8.49. The van der Waals surface area contributed by atoms with E-state index in [-0.39, 0.29) is 0 Å². The number of aromatic nitrogens is 2. The summed E-state index contributed by atoms with van der Waals surface area (Å²) in [6, 6.07) is 8.13. The van der Waals surface area contributed by atoms with Gasteiger partial charge in [0, 0.05) is 0 Å². The summed E-state index contributed by atoms with van der Waals surface area (Å²) in [7, 11) is 0. The average molecular weight is 313 g/mol. The van der Waals surface area contributed by atoms with Crippen LogP contribution in [0.1, 0.15) is 52.3 Å². The number of fused-ring (bicyclic) bond motifs is 1. The summed E-state index contributed by atoms with van der Waals surface area (Å²) in [6.07, 6.45) is 6.40. The molecule has 23 heavy (non-hydrogen) atoms. The van der Waals surface area contributed by atoms with E-state index >= 15 is 0 Å². The Morgan fingerprint density at radius 3 is 2.78 bits per heavy atom. The second-order valence-electron chi connectivity index (χ2n) is 5.86. The van der Waals surface area contributed by atoms with Crippen LogP contribution in [0.25, 0.3) is 11.0 Å². The Balaban J connectivity index is 2.42. The summed E-state index contributed by atoms with van der Waals surface area (Å²) >= 11 is 0. The van der Waals surface area contributed by atoms with Crippen molar-refractivity contribution in [3.05, 3.63) is 41.7 Å². The molecule has 0 radical (unpaired) electrons. The van der Waals surface area contributed by atoms with Crippen LogP contribution in [0.5, 0.6) is 0 Å². The lowest BCUT2D eigenvalue weighted by Gasteiger charge is -2.09. The molecule has 0 saturated heterocycles. The Morgan fingerprint density at radius 2 is 2.04 bits per heavy atom. The van der Waals surface area contributed by atoms with Crippen molar-refractivity contribution in [2.24, 2.45) is 5.16 Å². The molecule has 0 aliphatic heterocycles. The van der Waals surface area contributed by atoms with Gasteiger partial charge in [-0.2, -0.15) is 0 Å². The Hall–Kier alpha value is -2.10. The fourth-order valence-electron chi connectivity index (χ4n) is 2.57. The second-order valence-corrected chi connectivity index (χ2v) is 5.86. The smallest absolute Gasteiger partial charge is 0.178 e. The molecule has 2 rings (SSSR count). The highest BCUT2D eigenvalue weighted by Crippen LogP contribution is 2.17. The van der Waals surface area contributed by atoms with E-state index in [9.17, 15) is 0 Å². The SMILES string of the molecule is CCCCO/N=C(/C=C(\C)CCC)n1c(C)nc2ccccc21. The standard InChI is InChI=1S/C19H27N3O/c1-5-7-13-23-21-19(14-15(3)10-6-2)22-16(4)20-17-11-8-9-12-18(17)22/h8-9,11-12,14H,5-7,10,13H2,1-4H3/b15-14+,21-19-. The van der Waals surface area contributed by atoms with Gasteiger partial charge in [-0.1, -0.05) is 49.6 Å². The number of rotatable bonds is 7.